The molecule has 2 aromatic carbocycles. The van der Waals surface area contributed by atoms with Crippen molar-refractivity contribution in [2.45, 2.75) is 26.7 Å². The van der Waals surface area contributed by atoms with Gasteiger partial charge in [0.05, 0.1) is 19.2 Å². The lowest BCUT2D eigenvalue weighted by Gasteiger charge is -2.15. The Morgan fingerprint density at radius 1 is 1.08 bits per heavy atom. The number of methoxy groups -OCH3 is 1. The summed E-state index contributed by atoms with van der Waals surface area (Å²) in [5.41, 5.74) is 4.11. The van der Waals surface area contributed by atoms with E-state index in [1.165, 1.54) is 7.11 Å². The second-order valence-corrected chi connectivity index (χ2v) is 6.16. The molecule has 0 saturated carbocycles. The van der Waals surface area contributed by atoms with Crippen molar-refractivity contribution in [3.05, 3.63) is 59.2 Å². The Bertz CT molecular complexity index is 769. The molecule has 0 aromatic heterocycles. The van der Waals surface area contributed by atoms with E-state index in [4.69, 9.17) is 4.74 Å². The van der Waals surface area contributed by atoms with Gasteiger partial charge in [-0.15, -0.1) is 0 Å². The van der Waals surface area contributed by atoms with Gasteiger partial charge in [0, 0.05) is 11.4 Å². The Kier molecular flexibility index (Phi) is 6.17. The Morgan fingerprint density at radius 3 is 2.44 bits per heavy atom. The molecule has 5 heteroatoms. The molecule has 25 heavy (non-hydrogen) atoms. The number of esters is 1. The monoisotopic (exact) mass is 340 g/mol. The summed E-state index contributed by atoms with van der Waals surface area (Å²) in [6.07, 6.45) is 0. The normalized spacial score (nSPS) is 10.4. The van der Waals surface area contributed by atoms with Gasteiger partial charge in [0.1, 0.15) is 0 Å². The second kappa shape index (κ2) is 8.33. The number of anilines is 2. The predicted octanol–water partition coefficient (Wildman–Crippen LogP) is 3.96. The zero-order valence-corrected chi connectivity index (χ0v) is 15.1. The van der Waals surface area contributed by atoms with Gasteiger partial charge in [-0.1, -0.05) is 32.0 Å². The third-order valence-electron chi connectivity index (χ3n) is 3.94. The lowest BCUT2D eigenvalue weighted by atomic mass is 10.0. The fourth-order valence-electron chi connectivity index (χ4n) is 2.59. The molecule has 0 radical (unpaired) electrons. The van der Waals surface area contributed by atoms with Crippen LogP contribution in [0.3, 0.4) is 0 Å². The number of nitrogens with one attached hydrogen (secondary N) is 2. The summed E-state index contributed by atoms with van der Waals surface area (Å²) in [6, 6.07) is 13.0. The molecule has 2 N–H and O–H groups in total. The van der Waals surface area contributed by atoms with E-state index in [0.29, 0.717) is 11.5 Å². The quantitative estimate of drug-likeness (QED) is 0.781. The molecule has 0 fully saturated rings. The smallest absolute Gasteiger partial charge is 0.337 e. The van der Waals surface area contributed by atoms with Crippen molar-refractivity contribution in [1.82, 2.24) is 0 Å². The van der Waals surface area contributed by atoms with Gasteiger partial charge < -0.3 is 15.4 Å². The molecule has 132 valence electrons. The highest BCUT2D eigenvalue weighted by Crippen LogP contribution is 2.23. The molecule has 2 rings (SSSR count). The first-order valence-corrected chi connectivity index (χ1v) is 8.24. The van der Waals surface area contributed by atoms with Crippen molar-refractivity contribution in [1.29, 1.82) is 0 Å². The third-order valence-corrected chi connectivity index (χ3v) is 3.94. The van der Waals surface area contributed by atoms with Gasteiger partial charge in [-0.05, 0) is 48.2 Å². The SMILES string of the molecule is COC(=O)c1ccc(NCC(=O)Nc2ccccc2C(C)C)c(C)c1. The van der Waals surface area contributed by atoms with Crippen molar-refractivity contribution in [3.63, 3.8) is 0 Å². The van der Waals surface area contributed by atoms with Crippen LogP contribution in [0.2, 0.25) is 0 Å². The van der Waals surface area contributed by atoms with Gasteiger partial charge in [-0.25, -0.2) is 4.79 Å². The maximum absolute atomic E-state index is 12.2. The molecule has 0 unspecified atom stereocenters. The van der Waals surface area contributed by atoms with Crippen LogP contribution < -0.4 is 10.6 Å². The first-order chi connectivity index (χ1) is 11.9. The number of carbonyl (C=O) groups excluding carboxylic acids is 2. The number of carbonyl (C=O) groups is 2. The molecule has 0 heterocycles. The second-order valence-electron chi connectivity index (χ2n) is 6.16. The van der Waals surface area contributed by atoms with Crippen LogP contribution in [0.15, 0.2) is 42.5 Å². The number of rotatable bonds is 6. The minimum absolute atomic E-state index is 0.121. The maximum atomic E-state index is 12.2. The van der Waals surface area contributed by atoms with Crippen LogP contribution in [0.5, 0.6) is 0 Å². The molecule has 2 aromatic rings. The molecule has 1 amide bonds. The molecular formula is C20H24N2O3. The van der Waals surface area contributed by atoms with E-state index >= 15 is 0 Å². The Balaban J connectivity index is 2.00. The Morgan fingerprint density at radius 2 is 1.80 bits per heavy atom. The van der Waals surface area contributed by atoms with Crippen molar-refractivity contribution in [2.24, 2.45) is 0 Å². The van der Waals surface area contributed by atoms with E-state index in [2.05, 4.69) is 24.5 Å². The minimum atomic E-state index is -0.377. The molecule has 0 aliphatic heterocycles. The molecule has 0 spiro atoms. The van der Waals surface area contributed by atoms with E-state index < -0.39 is 0 Å². The summed E-state index contributed by atoms with van der Waals surface area (Å²) >= 11 is 0. The average molecular weight is 340 g/mol. The summed E-state index contributed by atoms with van der Waals surface area (Å²) in [5.74, 6) is -0.167. The standard InChI is InChI=1S/C20H24N2O3/c1-13(2)16-7-5-6-8-18(16)22-19(23)12-21-17-10-9-15(11-14(17)3)20(24)25-4/h5-11,13,21H,12H2,1-4H3,(H,22,23). The van der Waals surface area contributed by atoms with E-state index in [1.807, 2.05) is 31.2 Å². The largest absolute Gasteiger partial charge is 0.465 e. The third kappa shape index (κ3) is 4.83. The number of para-hydroxylation sites is 1. The maximum Gasteiger partial charge on any atom is 0.337 e. The minimum Gasteiger partial charge on any atom is -0.465 e. The number of ether oxygens (including phenoxy) is 1. The van der Waals surface area contributed by atoms with E-state index in [9.17, 15) is 9.59 Å². The summed E-state index contributed by atoms with van der Waals surface area (Å²) in [6.45, 7) is 6.20. The molecule has 0 atom stereocenters. The van der Waals surface area contributed by atoms with Gasteiger partial charge in [0.25, 0.3) is 0 Å². The van der Waals surface area contributed by atoms with Crippen LogP contribution in [-0.2, 0) is 9.53 Å². The lowest BCUT2D eigenvalue weighted by Crippen LogP contribution is -2.22. The van der Waals surface area contributed by atoms with Crippen LogP contribution in [-0.4, -0.2) is 25.5 Å². The Labute approximate surface area is 148 Å². The summed E-state index contributed by atoms with van der Waals surface area (Å²) in [7, 11) is 1.35. The van der Waals surface area contributed by atoms with Gasteiger partial charge in [0.2, 0.25) is 5.91 Å². The first kappa shape index (κ1) is 18.5. The fraction of sp³-hybridized carbons (Fsp3) is 0.300. The van der Waals surface area contributed by atoms with Crippen LogP contribution in [0.4, 0.5) is 11.4 Å². The first-order valence-electron chi connectivity index (χ1n) is 8.24. The molecule has 0 aliphatic rings. The van der Waals surface area contributed by atoms with Gasteiger partial charge in [0.15, 0.2) is 0 Å². The molecular weight excluding hydrogens is 316 g/mol. The van der Waals surface area contributed by atoms with Crippen LogP contribution in [0, 0.1) is 6.92 Å². The average Bonchev–Trinajstić information content (AvgIpc) is 2.60. The van der Waals surface area contributed by atoms with E-state index in [0.717, 1.165) is 22.5 Å². The number of benzene rings is 2. The van der Waals surface area contributed by atoms with Crippen molar-refractivity contribution in [2.75, 3.05) is 24.3 Å². The zero-order valence-electron chi connectivity index (χ0n) is 15.1. The van der Waals surface area contributed by atoms with Crippen molar-refractivity contribution >= 4 is 23.3 Å². The highest BCUT2D eigenvalue weighted by Gasteiger charge is 2.11. The summed E-state index contributed by atoms with van der Waals surface area (Å²) < 4.78 is 4.70. The van der Waals surface area contributed by atoms with Crippen LogP contribution in [0.25, 0.3) is 0 Å². The van der Waals surface area contributed by atoms with Crippen molar-refractivity contribution in [3.8, 4) is 0 Å². The molecule has 5 nitrogen and oxygen atoms in total. The highest BCUT2D eigenvalue weighted by molar-refractivity contribution is 5.95. The Hall–Kier alpha value is -2.82. The van der Waals surface area contributed by atoms with Crippen LogP contribution >= 0.6 is 0 Å². The molecule has 0 saturated heterocycles. The fourth-order valence-corrected chi connectivity index (χ4v) is 2.59. The van der Waals surface area contributed by atoms with Crippen molar-refractivity contribution < 1.29 is 14.3 Å². The lowest BCUT2D eigenvalue weighted by molar-refractivity contribution is -0.114. The van der Waals surface area contributed by atoms with E-state index in [-0.39, 0.29) is 18.4 Å². The topological polar surface area (TPSA) is 67.4 Å². The zero-order chi connectivity index (χ0) is 18.4. The van der Waals surface area contributed by atoms with Gasteiger partial charge >= 0.3 is 5.97 Å². The summed E-state index contributed by atoms with van der Waals surface area (Å²) in [4.78, 5) is 23.8. The molecule has 0 aliphatic carbocycles. The van der Waals surface area contributed by atoms with Gasteiger partial charge in [-0.2, -0.15) is 0 Å². The number of aryl methyl sites for hydroxylation is 1. The highest BCUT2D eigenvalue weighted by atomic mass is 16.5. The molecule has 0 bridgehead atoms. The number of amides is 1. The predicted molar refractivity (Wildman–Crippen MR) is 100 cm³/mol. The van der Waals surface area contributed by atoms with Gasteiger partial charge in [-0.3, -0.25) is 4.79 Å². The summed E-state index contributed by atoms with van der Waals surface area (Å²) in [5, 5.41) is 6.05. The van der Waals surface area contributed by atoms with E-state index in [1.54, 1.807) is 18.2 Å². The number of hydrogen-bond acceptors (Lipinski definition) is 4. The van der Waals surface area contributed by atoms with Crippen LogP contribution in [0.1, 0.15) is 41.3 Å². The number of hydrogen-bond donors (Lipinski definition) is 2.